The van der Waals surface area contributed by atoms with E-state index in [0.29, 0.717) is 17.5 Å². The second kappa shape index (κ2) is 13.0. The van der Waals surface area contributed by atoms with E-state index in [-0.39, 0.29) is 0 Å². The second-order valence-electron chi connectivity index (χ2n) is 14.0. The van der Waals surface area contributed by atoms with E-state index in [1.54, 1.807) is 0 Å². The SMILES string of the molecule is c1ccc(-c2ccc(-c3nc(-c4ccccc4)nc(-c4ccccc4-n4c5ccccc5c5ccc(-c6ccc7c(c6)oc6ccccc67)cc54)n3)cc2)cc1. The number of para-hydroxylation sites is 3. The standard InChI is InChI=1S/C51H32N4O/c1-3-13-33(14-4-1)34-23-25-36(26-24-34)50-52-49(35-15-5-2-6-16-35)53-51(54-50)43-19-8-11-21-45(43)55-44-20-10-7-17-39(44)40-29-27-37(31-46(40)55)38-28-30-42-41-18-9-12-22-47(41)56-48(42)32-38/h1-32H. The molecule has 0 aliphatic rings. The van der Waals surface area contributed by atoms with Crippen LogP contribution >= 0.6 is 0 Å². The van der Waals surface area contributed by atoms with Crippen molar-refractivity contribution in [3.05, 3.63) is 194 Å². The van der Waals surface area contributed by atoms with Crippen LogP contribution in [0.5, 0.6) is 0 Å². The quantitative estimate of drug-likeness (QED) is 0.172. The van der Waals surface area contributed by atoms with Crippen LogP contribution in [0.15, 0.2) is 199 Å². The number of benzene rings is 8. The van der Waals surface area contributed by atoms with Crippen molar-refractivity contribution in [2.75, 3.05) is 0 Å². The second-order valence-corrected chi connectivity index (χ2v) is 14.0. The molecule has 0 aliphatic heterocycles. The van der Waals surface area contributed by atoms with E-state index >= 15 is 0 Å². The Balaban J connectivity index is 1.09. The molecule has 0 radical (unpaired) electrons. The van der Waals surface area contributed by atoms with Crippen LogP contribution in [0, 0.1) is 0 Å². The monoisotopic (exact) mass is 716 g/mol. The van der Waals surface area contributed by atoms with E-state index in [4.69, 9.17) is 19.4 Å². The molecule has 0 atom stereocenters. The number of hydrogen-bond acceptors (Lipinski definition) is 4. The maximum absolute atomic E-state index is 6.29. The molecule has 0 unspecified atom stereocenters. The molecule has 0 bridgehead atoms. The van der Waals surface area contributed by atoms with Crippen molar-refractivity contribution >= 4 is 43.7 Å². The Morgan fingerprint density at radius 3 is 1.61 bits per heavy atom. The average molecular weight is 717 g/mol. The van der Waals surface area contributed by atoms with E-state index in [2.05, 4.69) is 150 Å². The molecule has 5 heteroatoms. The van der Waals surface area contributed by atoms with Gasteiger partial charge in [0.05, 0.1) is 16.7 Å². The van der Waals surface area contributed by atoms with Crippen LogP contribution in [0.3, 0.4) is 0 Å². The normalized spacial score (nSPS) is 11.6. The number of furan rings is 1. The fourth-order valence-corrected chi connectivity index (χ4v) is 7.96. The van der Waals surface area contributed by atoms with Crippen LogP contribution < -0.4 is 0 Å². The molecule has 11 aromatic rings. The van der Waals surface area contributed by atoms with Crippen LogP contribution in [0.1, 0.15) is 0 Å². The van der Waals surface area contributed by atoms with Gasteiger partial charge in [-0.25, -0.2) is 15.0 Å². The summed E-state index contributed by atoms with van der Waals surface area (Å²) in [5.74, 6) is 1.85. The van der Waals surface area contributed by atoms with Gasteiger partial charge in [0, 0.05) is 38.2 Å². The molecule has 11 rings (SSSR count). The van der Waals surface area contributed by atoms with Crippen LogP contribution in [0.2, 0.25) is 0 Å². The highest BCUT2D eigenvalue weighted by molar-refractivity contribution is 6.11. The molecule has 0 fully saturated rings. The summed E-state index contributed by atoms with van der Waals surface area (Å²) in [4.78, 5) is 15.4. The molecule has 0 N–H and O–H groups in total. The average Bonchev–Trinajstić information content (AvgIpc) is 3.82. The minimum absolute atomic E-state index is 0.606. The number of nitrogens with zero attached hydrogens (tertiary/aromatic N) is 4. The number of hydrogen-bond donors (Lipinski definition) is 0. The van der Waals surface area contributed by atoms with Crippen molar-refractivity contribution in [2.45, 2.75) is 0 Å². The van der Waals surface area contributed by atoms with Crippen LogP contribution in [-0.4, -0.2) is 19.5 Å². The maximum Gasteiger partial charge on any atom is 0.166 e. The number of rotatable bonds is 6. The Kier molecular flexibility index (Phi) is 7.42. The Hall–Kier alpha value is -7.63. The van der Waals surface area contributed by atoms with Gasteiger partial charge in [-0.05, 0) is 64.7 Å². The Morgan fingerprint density at radius 2 is 0.821 bits per heavy atom. The van der Waals surface area contributed by atoms with Gasteiger partial charge >= 0.3 is 0 Å². The summed E-state index contributed by atoms with van der Waals surface area (Å²) in [6.07, 6.45) is 0. The lowest BCUT2D eigenvalue weighted by atomic mass is 10.0. The molecule has 3 heterocycles. The van der Waals surface area contributed by atoms with E-state index in [9.17, 15) is 0 Å². The molecule has 0 spiro atoms. The minimum Gasteiger partial charge on any atom is -0.456 e. The Labute approximate surface area is 322 Å². The minimum atomic E-state index is 0.606. The van der Waals surface area contributed by atoms with Gasteiger partial charge in [0.1, 0.15) is 11.2 Å². The lowest BCUT2D eigenvalue weighted by Gasteiger charge is -2.15. The van der Waals surface area contributed by atoms with Crippen molar-refractivity contribution in [1.29, 1.82) is 0 Å². The summed E-state index contributed by atoms with van der Waals surface area (Å²) in [6.45, 7) is 0. The van der Waals surface area contributed by atoms with Crippen molar-refractivity contribution in [3.63, 3.8) is 0 Å². The van der Waals surface area contributed by atoms with Crippen molar-refractivity contribution in [1.82, 2.24) is 19.5 Å². The third kappa shape index (κ3) is 5.37. The van der Waals surface area contributed by atoms with Gasteiger partial charge in [-0.2, -0.15) is 0 Å². The summed E-state index contributed by atoms with van der Waals surface area (Å²) in [6, 6.07) is 67.5. The molecule has 3 aromatic heterocycles. The van der Waals surface area contributed by atoms with Gasteiger partial charge in [0.2, 0.25) is 0 Å². The van der Waals surface area contributed by atoms with E-state index in [1.165, 1.54) is 16.3 Å². The Morgan fingerprint density at radius 1 is 0.321 bits per heavy atom. The molecule has 0 aliphatic carbocycles. The zero-order valence-corrected chi connectivity index (χ0v) is 30.2. The predicted molar refractivity (Wildman–Crippen MR) is 229 cm³/mol. The zero-order valence-electron chi connectivity index (χ0n) is 30.2. The summed E-state index contributed by atoms with van der Waals surface area (Å²) in [5.41, 5.74) is 12.2. The summed E-state index contributed by atoms with van der Waals surface area (Å²) in [5, 5.41) is 4.59. The van der Waals surface area contributed by atoms with Gasteiger partial charge in [-0.15, -0.1) is 0 Å². The number of fused-ring (bicyclic) bond motifs is 6. The largest absolute Gasteiger partial charge is 0.456 e. The van der Waals surface area contributed by atoms with Crippen molar-refractivity contribution in [2.24, 2.45) is 0 Å². The first-order chi connectivity index (χ1) is 27.7. The van der Waals surface area contributed by atoms with Gasteiger partial charge in [-0.3, -0.25) is 0 Å². The molecule has 5 nitrogen and oxygen atoms in total. The molecular weight excluding hydrogens is 685 g/mol. The lowest BCUT2D eigenvalue weighted by Crippen LogP contribution is -2.03. The third-order valence-corrected chi connectivity index (χ3v) is 10.7. The molecule has 56 heavy (non-hydrogen) atoms. The van der Waals surface area contributed by atoms with E-state index in [1.807, 2.05) is 48.5 Å². The first-order valence-electron chi connectivity index (χ1n) is 18.8. The maximum atomic E-state index is 6.29. The van der Waals surface area contributed by atoms with Gasteiger partial charge in [0.15, 0.2) is 17.5 Å². The third-order valence-electron chi connectivity index (χ3n) is 10.7. The highest BCUT2D eigenvalue weighted by Crippen LogP contribution is 2.39. The van der Waals surface area contributed by atoms with Gasteiger partial charge in [-0.1, -0.05) is 152 Å². The van der Waals surface area contributed by atoms with Crippen molar-refractivity contribution in [3.8, 4) is 62.1 Å². The molecule has 0 saturated heterocycles. The Bertz CT molecular complexity index is 3240. The van der Waals surface area contributed by atoms with Gasteiger partial charge in [0.25, 0.3) is 0 Å². The van der Waals surface area contributed by atoms with Crippen LogP contribution in [-0.2, 0) is 0 Å². The highest BCUT2D eigenvalue weighted by Gasteiger charge is 2.20. The van der Waals surface area contributed by atoms with Gasteiger partial charge < -0.3 is 8.98 Å². The molecular formula is C51H32N4O. The fourth-order valence-electron chi connectivity index (χ4n) is 7.96. The smallest absolute Gasteiger partial charge is 0.166 e. The predicted octanol–water partition coefficient (Wildman–Crippen LogP) is 13.2. The number of aromatic nitrogens is 4. The summed E-state index contributed by atoms with van der Waals surface area (Å²) in [7, 11) is 0. The first kappa shape index (κ1) is 31.9. The fraction of sp³-hybridized carbons (Fsp3) is 0. The summed E-state index contributed by atoms with van der Waals surface area (Å²) < 4.78 is 8.64. The zero-order chi connectivity index (χ0) is 37.0. The highest BCUT2D eigenvalue weighted by atomic mass is 16.3. The summed E-state index contributed by atoms with van der Waals surface area (Å²) >= 11 is 0. The molecule has 262 valence electrons. The van der Waals surface area contributed by atoms with Crippen LogP contribution in [0.25, 0.3) is 106 Å². The molecule has 8 aromatic carbocycles. The van der Waals surface area contributed by atoms with Crippen molar-refractivity contribution < 1.29 is 4.42 Å². The first-order valence-corrected chi connectivity index (χ1v) is 18.8. The topological polar surface area (TPSA) is 56.7 Å². The van der Waals surface area contributed by atoms with E-state index in [0.717, 1.165) is 72.0 Å². The molecule has 0 saturated carbocycles. The lowest BCUT2D eigenvalue weighted by molar-refractivity contribution is 0.669. The molecule has 0 amide bonds. The van der Waals surface area contributed by atoms with E-state index < -0.39 is 0 Å². The van der Waals surface area contributed by atoms with Crippen LogP contribution in [0.4, 0.5) is 0 Å².